The smallest absolute Gasteiger partial charge is 0.339 e. The molecule has 0 radical (unpaired) electrons. The summed E-state index contributed by atoms with van der Waals surface area (Å²) >= 11 is 0. The molecule has 3 aromatic carbocycles. The zero-order chi connectivity index (χ0) is 19.2. The molecule has 0 aliphatic carbocycles. The molecule has 5 nitrogen and oxygen atoms in total. The van der Waals surface area contributed by atoms with Crippen molar-refractivity contribution in [1.29, 1.82) is 0 Å². The number of carbonyl (C=O) groups is 2. The van der Waals surface area contributed by atoms with E-state index in [1.165, 1.54) is 13.0 Å². The summed E-state index contributed by atoms with van der Waals surface area (Å²) in [5.74, 6) is -1.19. The van der Waals surface area contributed by atoms with Crippen molar-refractivity contribution in [3.63, 3.8) is 0 Å². The topological polar surface area (TPSA) is 72.8 Å². The number of hydrogen-bond acceptors (Lipinski definition) is 4. The van der Waals surface area contributed by atoms with Gasteiger partial charge in [-0.15, -0.1) is 0 Å². The van der Waals surface area contributed by atoms with E-state index in [0.717, 1.165) is 5.56 Å². The van der Waals surface area contributed by atoms with Crippen LogP contribution in [-0.4, -0.2) is 17.0 Å². The minimum Gasteiger partial charge on any atom is -0.488 e. The molecule has 27 heavy (non-hydrogen) atoms. The van der Waals surface area contributed by atoms with Crippen molar-refractivity contribution < 1.29 is 24.2 Å². The molecule has 136 valence electrons. The SMILES string of the molecule is CC(=O)Oc1c(C(=O)O)cccc1-c1ccccc1OCc1ccccc1. The van der Waals surface area contributed by atoms with Crippen LogP contribution in [0.4, 0.5) is 0 Å². The average Bonchev–Trinajstić information content (AvgIpc) is 2.67. The summed E-state index contributed by atoms with van der Waals surface area (Å²) in [7, 11) is 0. The molecule has 3 rings (SSSR count). The average molecular weight is 362 g/mol. The maximum atomic E-state index is 11.6. The highest BCUT2D eigenvalue weighted by Crippen LogP contribution is 2.38. The van der Waals surface area contributed by atoms with Crippen molar-refractivity contribution >= 4 is 11.9 Å². The van der Waals surface area contributed by atoms with E-state index in [4.69, 9.17) is 9.47 Å². The predicted molar refractivity (Wildman–Crippen MR) is 101 cm³/mol. The molecule has 1 N–H and O–H groups in total. The molecule has 5 heteroatoms. The normalized spacial score (nSPS) is 10.3. The van der Waals surface area contributed by atoms with Crippen LogP contribution in [0.25, 0.3) is 11.1 Å². The van der Waals surface area contributed by atoms with E-state index in [9.17, 15) is 14.7 Å². The van der Waals surface area contributed by atoms with Gasteiger partial charge < -0.3 is 14.6 Å². The summed E-state index contributed by atoms with van der Waals surface area (Å²) in [4.78, 5) is 23.1. The molecule has 0 fully saturated rings. The minimum absolute atomic E-state index is 0.00765. The molecule has 3 aromatic rings. The first-order chi connectivity index (χ1) is 13.1. The van der Waals surface area contributed by atoms with Crippen molar-refractivity contribution in [3.05, 3.63) is 83.9 Å². The number of esters is 1. The molecule has 0 spiro atoms. The zero-order valence-corrected chi connectivity index (χ0v) is 14.7. The van der Waals surface area contributed by atoms with Crippen molar-refractivity contribution in [2.24, 2.45) is 0 Å². The lowest BCUT2D eigenvalue weighted by molar-refractivity contribution is -0.131. The molecule has 0 unspecified atom stereocenters. The Hall–Kier alpha value is -3.60. The molecule has 0 amide bonds. The van der Waals surface area contributed by atoms with Crippen LogP contribution in [0.15, 0.2) is 72.8 Å². The Balaban J connectivity index is 2.02. The molecular formula is C22H18O5. The third-order valence-corrected chi connectivity index (χ3v) is 3.91. The number of benzene rings is 3. The maximum Gasteiger partial charge on any atom is 0.339 e. The van der Waals surface area contributed by atoms with Crippen molar-refractivity contribution in [1.82, 2.24) is 0 Å². The van der Waals surface area contributed by atoms with E-state index in [2.05, 4.69) is 0 Å². The summed E-state index contributed by atoms with van der Waals surface area (Å²) in [5, 5.41) is 9.45. The van der Waals surface area contributed by atoms with Gasteiger partial charge in [0.05, 0.1) is 0 Å². The van der Waals surface area contributed by atoms with Crippen molar-refractivity contribution in [2.45, 2.75) is 13.5 Å². The zero-order valence-electron chi connectivity index (χ0n) is 14.7. The number of carbonyl (C=O) groups excluding carboxylic acids is 1. The standard InChI is InChI=1S/C22H18O5/c1-15(23)27-21-18(11-7-12-19(21)22(24)25)17-10-5-6-13-20(17)26-14-16-8-3-2-4-9-16/h2-13H,14H2,1H3,(H,24,25). The lowest BCUT2D eigenvalue weighted by Crippen LogP contribution is -2.09. The first-order valence-electron chi connectivity index (χ1n) is 8.37. The third-order valence-electron chi connectivity index (χ3n) is 3.91. The van der Waals surface area contributed by atoms with Gasteiger partial charge in [-0.3, -0.25) is 4.79 Å². The van der Waals surface area contributed by atoms with E-state index in [-0.39, 0.29) is 11.3 Å². The molecule has 0 saturated heterocycles. The van der Waals surface area contributed by atoms with Crippen LogP contribution in [0.1, 0.15) is 22.8 Å². The van der Waals surface area contributed by atoms with Gasteiger partial charge in [0.25, 0.3) is 0 Å². The van der Waals surface area contributed by atoms with E-state index in [1.807, 2.05) is 42.5 Å². The van der Waals surface area contributed by atoms with Crippen molar-refractivity contribution in [3.8, 4) is 22.6 Å². The minimum atomic E-state index is -1.17. The van der Waals surface area contributed by atoms with Gasteiger partial charge in [-0.05, 0) is 17.7 Å². The van der Waals surface area contributed by atoms with Gasteiger partial charge in [0.2, 0.25) is 0 Å². The molecule has 0 aromatic heterocycles. The molecule has 0 aliphatic heterocycles. The van der Waals surface area contributed by atoms with Gasteiger partial charge in [0, 0.05) is 18.1 Å². The van der Waals surface area contributed by atoms with Gasteiger partial charge in [-0.25, -0.2) is 4.79 Å². The van der Waals surface area contributed by atoms with Gasteiger partial charge in [0.15, 0.2) is 5.75 Å². The summed E-state index contributed by atoms with van der Waals surface area (Å²) in [6.07, 6.45) is 0. The van der Waals surface area contributed by atoms with E-state index >= 15 is 0 Å². The lowest BCUT2D eigenvalue weighted by atomic mass is 10.0. The Bertz CT molecular complexity index is 963. The van der Waals surface area contributed by atoms with Crippen LogP contribution in [0.2, 0.25) is 0 Å². The second-order valence-electron chi connectivity index (χ2n) is 5.85. The molecule has 0 saturated carbocycles. The van der Waals surface area contributed by atoms with Crippen LogP contribution in [-0.2, 0) is 11.4 Å². The van der Waals surface area contributed by atoms with Gasteiger partial charge in [-0.2, -0.15) is 0 Å². The summed E-state index contributed by atoms with van der Waals surface area (Å²) < 4.78 is 11.2. The largest absolute Gasteiger partial charge is 0.488 e. The second-order valence-corrected chi connectivity index (χ2v) is 5.85. The van der Waals surface area contributed by atoms with Crippen LogP contribution in [0.3, 0.4) is 0 Å². The van der Waals surface area contributed by atoms with Crippen LogP contribution in [0.5, 0.6) is 11.5 Å². The number of carboxylic acid groups (broad SMARTS) is 1. The van der Waals surface area contributed by atoms with E-state index in [1.54, 1.807) is 24.3 Å². The lowest BCUT2D eigenvalue weighted by Gasteiger charge is -2.16. The van der Waals surface area contributed by atoms with Crippen molar-refractivity contribution in [2.75, 3.05) is 0 Å². The number of hydrogen-bond donors (Lipinski definition) is 1. The predicted octanol–water partition coefficient (Wildman–Crippen LogP) is 4.56. The summed E-state index contributed by atoms with van der Waals surface area (Å²) in [6.45, 7) is 1.60. The fourth-order valence-electron chi connectivity index (χ4n) is 2.72. The van der Waals surface area contributed by atoms with Crippen LogP contribution in [0, 0.1) is 0 Å². The molecular weight excluding hydrogens is 344 g/mol. The van der Waals surface area contributed by atoms with Gasteiger partial charge in [0.1, 0.15) is 17.9 Å². The molecule has 0 aliphatic rings. The first kappa shape index (κ1) is 18.2. The highest BCUT2D eigenvalue weighted by Gasteiger charge is 2.20. The Kier molecular flexibility index (Phi) is 5.52. The van der Waals surface area contributed by atoms with Crippen LogP contribution >= 0.6 is 0 Å². The Morgan fingerprint density at radius 3 is 2.22 bits per heavy atom. The van der Waals surface area contributed by atoms with Gasteiger partial charge in [-0.1, -0.05) is 60.7 Å². The quantitative estimate of drug-likeness (QED) is 0.514. The second kappa shape index (κ2) is 8.19. The number of carboxylic acids is 1. The fourth-order valence-corrected chi connectivity index (χ4v) is 2.72. The molecule has 0 atom stereocenters. The number of aromatic carboxylic acids is 1. The molecule has 0 heterocycles. The number of ether oxygens (including phenoxy) is 2. The fraction of sp³-hybridized carbons (Fsp3) is 0.0909. The summed E-state index contributed by atoms with van der Waals surface area (Å²) in [6, 6.07) is 21.7. The van der Waals surface area contributed by atoms with E-state index < -0.39 is 11.9 Å². The Morgan fingerprint density at radius 1 is 0.852 bits per heavy atom. The highest BCUT2D eigenvalue weighted by molar-refractivity contribution is 5.96. The highest BCUT2D eigenvalue weighted by atomic mass is 16.5. The maximum absolute atomic E-state index is 11.6. The Labute approximate surface area is 156 Å². The number of rotatable bonds is 6. The first-order valence-corrected chi connectivity index (χ1v) is 8.37. The molecule has 0 bridgehead atoms. The monoisotopic (exact) mass is 362 g/mol. The van der Waals surface area contributed by atoms with Crippen LogP contribution < -0.4 is 9.47 Å². The van der Waals surface area contributed by atoms with E-state index in [0.29, 0.717) is 23.5 Å². The Morgan fingerprint density at radius 2 is 1.52 bits per heavy atom. The summed E-state index contributed by atoms with van der Waals surface area (Å²) in [5.41, 5.74) is 2.05. The van der Waals surface area contributed by atoms with Gasteiger partial charge >= 0.3 is 11.9 Å². The third kappa shape index (κ3) is 4.33. The number of para-hydroxylation sites is 2.